The van der Waals surface area contributed by atoms with Gasteiger partial charge in [-0.25, -0.2) is 4.99 Å². The summed E-state index contributed by atoms with van der Waals surface area (Å²) >= 11 is 0. The molecule has 2 aliphatic heterocycles. The number of halogens is 2. The molecule has 0 bridgehead atoms. The summed E-state index contributed by atoms with van der Waals surface area (Å²) in [5.74, 6) is -0.118. The molecule has 0 amide bonds. The number of benzene rings is 1. The van der Waals surface area contributed by atoms with Crippen LogP contribution in [-0.4, -0.2) is 53.1 Å². The number of hydrogen-bond donors (Lipinski definition) is 1. The lowest BCUT2D eigenvalue weighted by Crippen LogP contribution is -2.37. The molecule has 39 heavy (non-hydrogen) atoms. The van der Waals surface area contributed by atoms with E-state index in [2.05, 4.69) is 15.2 Å². The molecule has 1 aromatic heterocycles. The molecule has 1 aromatic carbocycles. The first kappa shape index (κ1) is 24.7. The Kier molecular flexibility index (Phi) is 6.05. The van der Waals surface area contributed by atoms with E-state index in [0.717, 1.165) is 11.4 Å². The van der Waals surface area contributed by atoms with Crippen molar-refractivity contribution in [1.82, 2.24) is 10.5 Å². The van der Waals surface area contributed by atoms with Crippen molar-refractivity contribution in [3.05, 3.63) is 77.8 Å². The van der Waals surface area contributed by atoms with E-state index in [1.54, 1.807) is 37.3 Å². The molecule has 198 valence electrons. The predicted molar refractivity (Wildman–Crippen MR) is 137 cm³/mol. The Morgan fingerprint density at radius 2 is 2.00 bits per heavy atom. The van der Waals surface area contributed by atoms with Crippen LogP contribution in [0.3, 0.4) is 0 Å². The highest BCUT2D eigenvalue weighted by Crippen LogP contribution is 2.42. The summed E-state index contributed by atoms with van der Waals surface area (Å²) in [6.45, 7) is -0.944. The summed E-state index contributed by atoms with van der Waals surface area (Å²) in [6.07, 6.45) is 11.0. The van der Waals surface area contributed by atoms with Crippen LogP contribution in [0.4, 0.5) is 8.78 Å². The third-order valence-electron chi connectivity index (χ3n) is 6.78. The number of nitrogens with zero attached hydrogens (tertiary/aromatic N) is 3. The van der Waals surface area contributed by atoms with Gasteiger partial charge in [-0.2, -0.15) is 8.78 Å². The van der Waals surface area contributed by atoms with Crippen molar-refractivity contribution in [2.75, 3.05) is 6.61 Å². The Labute approximate surface area is 221 Å². The van der Waals surface area contributed by atoms with Crippen LogP contribution in [0.15, 0.2) is 86.5 Å². The van der Waals surface area contributed by atoms with Crippen LogP contribution in [0, 0.1) is 0 Å². The topological polar surface area (TPSA) is 115 Å². The predicted octanol–water partition coefficient (Wildman–Crippen LogP) is 3.93. The second-order valence-electron chi connectivity index (χ2n) is 9.25. The maximum atomic E-state index is 12.7. The highest BCUT2D eigenvalue weighted by molar-refractivity contribution is 6.54. The van der Waals surface area contributed by atoms with E-state index in [9.17, 15) is 18.4 Å². The van der Waals surface area contributed by atoms with Gasteiger partial charge in [0, 0.05) is 24.5 Å². The Bertz CT molecular complexity index is 1560. The Balaban J connectivity index is 1.22. The number of aromatic nitrogens is 1. The maximum absolute atomic E-state index is 12.7. The molecule has 4 aliphatic rings. The normalized spacial score (nSPS) is 23.1. The molecule has 6 rings (SSSR count). The van der Waals surface area contributed by atoms with Crippen LogP contribution in [0.2, 0.25) is 0 Å². The molecule has 2 aromatic rings. The molecule has 1 spiro atoms. The van der Waals surface area contributed by atoms with Gasteiger partial charge in [0.15, 0.2) is 11.5 Å². The summed E-state index contributed by atoms with van der Waals surface area (Å²) in [6, 6.07) is 6.18. The number of carbonyl (C=O) groups excluding carboxylic acids is 2. The third-order valence-corrected chi connectivity index (χ3v) is 6.78. The number of allylic oxidation sites excluding steroid dienone is 5. The van der Waals surface area contributed by atoms with E-state index >= 15 is 0 Å². The third kappa shape index (κ3) is 4.39. The summed E-state index contributed by atoms with van der Waals surface area (Å²) in [7, 11) is 0. The van der Waals surface area contributed by atoms with Gasteiger partial charge in [-0.15, -0.1) is 0 Å². The zero-order valence-electron chi connectivity index (χ0n) is 20.7. The number of ether oxygens (including phenoxy) is 2. The lowest BCUT2D eigenvalue weighted by Gasteiger charge is -2.24. The minimum absolute atomic E-state index is 0.0592. The number of Topliss-reactive ketones (excluding diaryl/α,β-unsaturated/α-hetero) is 1. The molecule has 0 saturated heterocycles. The molecule has 0 radical (unpaired) electrons. The van der Waals surface area contributed by atoms with Gasteiger partial charge < -0.3 is 19.3 Å². The van der Waals surface area contributed by atoms with Gasteiger partial charge in [0.2, 0.25) is 11.6 Å². The maximum Gasteiger partial charge on any atom is 0.387 e. The average Bonchev–Trinajstić information content (AvgIpc) is 3.61. The number of hydrogen-bond acceptors (Lipinski definition) is 9. The first-order chi connectivity index (χ1) is 18.9. The molecule has 9 nitrogen and oxygen atoms in total. The Morgan fingerprint density at radius 1 is 1.15 bits per heavy atom. The number of alkyl halides is 2. The monoisotopic (exact) mass is 532 g/mol. The summed E-state index contributed by atoms with van der Waals surface area (Å²) < 4.78 is 41.0. The van der Waals surface area contributed by atoms with Gasteiger partial charge in [0.05, 0.1) is 29.6 Å². The summed E-state index contributed by atoms with van der Waals surface area (Å²) in [5.41, 5.74) is 2.15. The molecule has 3 heterocycles. The molecule has 2 unspecified atom stereocenters. The number of rotatable bonds is 8. The lowest BCUT2D eigenvalue weighted by atomic mass is 9.84. The first-order valence-corrected chi connectivity index (χ1v) is 12.4. The van der Waals surface area contributed by atoms with Crippen molar-refractivity contribution in [1.29, 1.82) is 0 Å². The minimum atomic E-state index is -2.97. The van der Waals surface area contributed by atoms with Crippen molar-refractivity contribution in [2.24, 2.45) is 9.98 Å². The summed E-state index contributed by atoms with van der Waals surface area (Å²) in [4.78, 5) is 34.1. The number of nitrogens with one attached hydrogen (secondary N) is 1. The fourth-order valence-electron chi connectivity index (χ4n) is 5.11. The highest BCUT2D eigenvalue weighted by atomic mass is 19.3. The number of ketones is 2. The van der Waals surface area contributed by atoms with Crippen LogP contribution in [0.5, 0.6) is 11.5 Å². The first-order valence-electron chi connectivity index (χ1n) is 12.4. The summed E-state index contributed by atoms with van der Waals surface area (Å²) in [5, 5.41) is 7.36. The number of amidine groups is 1. The molecule has 0 fully saturated rings. The van der Waals surface area contributed by atoms with E-state index in [0.29, 0.717) is 35.7 Å². The van der Waals surface area contributed by atoms with Gasteiger partial charge in [-0.3, -0.25) is 14.6 Å². The van der Waals surface area contributed by atoms with Gasteiger partial charge in [-0.05, 0) is 49.4 Å². The standard InChI is InChI=1S/C28H22F2N4O5/c1-2-37-22-11-15(9-10-21(22)38-27(29)30)19-13-17(39-34-19)12-16-14-28-23(31-16)7-4-8-24(28)32-26(33-28)18-5-3-6-20(35)25(18)36/h3-11,13,16,27H,2,12,14H2,1H3,(H,32,33). The molecule has 2 atom stereocenters. The molecule has 2 aliphatic carbocycles. The lowest BCUT2D eigenvalue weighted by molar-refractivity contribution is -0.131. The molecule has 0 saturated carbocycles. The van der Waals surface area contributed by atoms with Crippen molar-refractivity contribution in [3.63, 3.8) is 0 Å². The fraction of sp³-hybridized carbons (Fsp3) is 0.250. The van der Waals surface area contributed by atoms with E-state index in [1.807, 2.05) is 18.2 Å². The highest BCUT2D eigenvalue weighted by Gasteiger charge is 2.50. The molecule has 1 N–H and O–H groups in total. The van der Waals surface area contributed by atoms with Crippen molar-refractivity contribution in [3.8, 4) is 22.8 Å². The van der Waals surface area contributed by atoms with Crippen LogP contribution >= 0.6 is 0 Å². The van der Waals surface area contributed by atoms with Crippen molar-refractivity contribution in [2.45, 2.75) is 38.0 Å². The zero-order chi connectivity index (χ0) is 27.1. The Morgan fingerprint density at radius 3 is 2.82 bits per heavy atom. The van der Waals surface area contributed by atoms with Crippen LogP contribution < -0.4 is 14.8 Å². The van der Waals surface area contributed by atoms with Crippen LogP contribution in [0.1, 0.15) is 19.1 Å². The number of aliphatic imine (C=N–C) groups is 2. The van der Waals surface area contributed by atoms with Gasteiger partial charge in [0.25, 0.3) is 0 Å². The quantitative estimate of drug-likeness (QED) is 0.405. The average molecular weight is 533 g/mol. The smallest absolute Gasteiger partial charge is 0.387 e. The minimum Gasteiger partial charge on any atom is -0.490 e. The number of carbonyl (C=O) groups is 2. The van der Waals surface area contributed by atoms with Crippen molar-refractivity contribution >= 4 is 23.1 Å². The van der Waals surface area contributed by atoms with E-state index in [1.165, 1.54) is 12.1 Å². The van der Waals surface area contributed by atoms with E-state index in [-0.39, 0.29) is 29.7 Å². The largest absolute Gasteiger partial charge is 0.490 e. The zero-order valence-corrected chi connectivity index (χ0v) is 20.7. The second-order valence-corrected chi connectivity index (χ2v) is 9.25. The van der Waals surface area contributed by atoms with Crippen LogP contribution in [0.25, 0.3) is 11.3 Å². The molecular weight excluding hydrogens is 510 g/mol. The van der Waals surface area contributed by atoms with Gasteiger partial charge in [0.1, 0.15) is 22.8 Å². The van der Waals surface area contributed by atoms with E-state index in [4.69, 9.17) is 19.2 Å². The van der Waals surface area contributed by atoms with E-state index < -0.39 is 23.7 Å². The second kappa shape index (κ2) is 9.57. The fourth-order valence-corrected chi connectivity index (χ4v) is 5.11. The van der Waals surface area contributed by atoms with Gasteiger partial charge in [-0.1, -0.05) is 17.3 Å². The van der Waals surface area contributed by atoms with Crippen LogP contribution in [-0.2, 0) is 16.0 Å². The molecular formula is C28H22F2N4O5. The SMILES string of the molecule is CCOc1cc(-c2cc(CC3CC45N=C(C6=CC=CC(=O)C6=O)NC4=CC=CC5=N3)on2)ccc1OC(F)F. The van der Waals surface area contributed by atoms with Crippen molar-refractivity contribution < 1.29 is 32.4 Å². The Hall–Kier alpha value is -4.67. The molecule has 11 heteroatoms. The van der Waals surface area contributed by atoms with Gasteiger partial charge >= 0.3 is 6.61 Å².